The minimum absolute atomic E-state index is 0.266. The van der Waals surface area contributed by atoms with Gasteiger partial charge in [0, 0.05) is 19.3 Å². The number of aromatic nitrogens is 1. The Kier molecular flexibility index (Phi) is 2.96. The van der Waals surface area contributed by atoms with Crippen molar-refractivity contribution < 1.29 is 9.90 Å². The van der Waals surface area contributed by atoms with Gasteiger partial charge in [0.2, 0.25) is 0 Å². The molecule has 0 amide bonds. The smallest absolute Gasteiger partial charge is 0.310 e. The molecule has 1 heterocycles. The van der Waals surface area contributed by atoms with Crippen molar-refractivity contribution in [2.75, 3.05) is 0 Å². The summed E-state index contributed by atoms with van der Waals surface area (Å²) in [5.41, 5.74) is 0.0831. The molecular weight excluding hydrogens is 206 g/mol. The summed E-state index contributed by atoms with van der Waals surface area (Å²) in [4.78, 5) is 21.9. The van der Waals surface area contributed by atoms with Crippen molar-refractivity contribution >= 4 is 17.6 Å². The number of aryl methyl sites for hydroxylation is 1. The van der Waals surface area contributed by atoms with E-state index < -0.39 is 11.9 Å². The van der Waals surface area contributed by atoms with E-state index >= 15 is 0 Å². The predicted octanol–water partition coefficient (Wildman–Crippen LogP) is 1.23. The second-order valence-corrected chi connectivity index (χ2v) is 3.49. The van der Waals surface area contributed by atoms with Crippen LogP contribution in [0.25, 0.3) is 0 Å². The third kappa shape index (κ3) is 1.96. The van der Waals surface area contributed by atoms with Crippen LogP contribution in [0.2, 0.25) is 5.02 Å². The number of aliphatic carboxylic acids is 1. The second kappa shape index (κ2) is 3.84. The Morgan fingerprint density at radius 3 is 2.71 bits per heavy atom. The van der Waals surface area contributed by atoms with Gasteiger partial charge in [0.05, 0.1) is 10.9 Å². The van der Waals surface area contributed by atoms with Crippen molar-refractivity contribution in [1.29, 1.82) is 0 Å². The van der Waals surface area contributed by atoms with Crippen LogP contribution in [0.4, 0.5) is 0 Å². The topological polar surface area (TPSA) is 59.3 Å². The first-order valence-corrected chi connectivity index (χ1v) is 4.40. The van der Waals surface area contributed by atoms with Gasteiger partial charge in [-0.1, -0.05) is 11.6 Å². The molecule has 1 unspecified atom stereocenters. The van der Waals surface area contributed by atoms with E-state index in [4.69, 9.17) is 16.7 Å². The Morgan fingerprint density at radius 2 is 2.21 bits per heavy atom. The van der Waals surface area contributed by atoms with Crippen LogP contribution in [0.15, 0.2) is 17.1 Å². The van der Waals surface area contributed by atoms with Gasteiger partial charge in [-0.3, -0.25) is 9.59 Å². The number of carboxylic acid groups (broad SMARTS) is 1. The van der Waals surface area contributed by atoms with Gasteiger partial charge < -0.3 is 9.67 Å². The molecule has 1 atom stereocenters. The monoisotopic (exact) mass is 215 g/mol. The summed E-state index contributed by atoms with van der Waals surface area (Å²) in [6.45, 7) is 1.49. The zero-order chi connectivity index (χ0) is 10.9. The largest absolute Gasteiger partial charge is 0.481 e. The van der Waals surface area contributed by atoms with Gasteiger partial charge in [-0.05, 0) is 12.5 Å². The molecule has 0 spiro atoms. The van der Waals surface area contributed by atoms with E-state index in [2.05, 4.69) is 0 Å². The highest BCUT2D eigenvalue weighted by Gasteiger charge is 2.17. The number of hydrogen-bond acceptors (Lipinski definition) is 2. The standard InChI is InChI=1S/C9H10ClNO3/c1-5(9(13)14)6-3-8(12)11(2)4-7(6)10/h3-5H,1-2H3,(H,13,14). The Balaban J connectivity index is 3.29. The third-order valence-corrected chi connectivity index (χ3v) is 2.36. The van der Waals surface area contributed by atoms with Crippen LogP contribution in [-0.2, 0) is 11.8 Å². The average molecular weight is 216 g/mol. The molecule has 0 radical (unpaired) electrons. The molecule has 1 aromatic heterocycles. The van der Waals surface area contributed by atoms with Crippen molar-refractivity contribution in [3.8, 4) is 0 Å². The number of pyridine rings is 1. The van der Waals surface area contributed by atoms with Gasteiger partial charge in [0.1, 0.15) is 0 Å². The van der Waals surface area contributed by atoms with E-state index in [0.29, 0.717) is 10.6 Å². The highest BCUT2D eigenvalue weighted by atomic mass is 35.5. The van der Waals surface area contributed by atoms with E-state index in [0.717, 1.165) is 0 Å². The van der Waals surface area contributed by atoms with Gasteiger partial charge in [0.25, 0.3) is 5.56 Å². The highest BCUT2D eigenvalue weighted by Crippen LogP contribution is 2.22. The van der Waals surface area contributed by atoms with Crippen LogP contribution < -0.4 is 5.56 Å². The summed E-state index contributed by atoms with van der Waals surface area (Å²) in [5, 5.41) is 9.05. The van der Waals surface area contributed by atoms with Gasteiger partial charge in [-0.2, -0.15) is 0 Å². The number of rotatable bonds is 2. The summed E-state index contributed by atoms with van der Waals surface area (Å²) in [5.74, 6) is -1.77. The normalized spacial score (nSPS) is 12.5. The lowest BCUT2D eigenvalue weighted by molar-refractivity contribution is -0.138. The van der Waals surface area contributed by atoms with Gasteiger partial charge >= 0.3 is 5.97 Å². The molecule has 0 aliphatic carbocycles. The Morgan fingerprint density at radius 1 is 1.64 bits per heavy atom. The fourth-order valence-corrected chi connectivity index (χ4v) is 1.44. The molecule has 0 aromatic carbocycles. The van der Waals surface area contributed by atoms with E-state index in [9.17, 15) is 9.59 Å². The molecule has 1 rings (SSSR count). The van der Waals surface area contributed by atoms with Crippen LogP contribution >= 0.6 is 11.6 Å². The first-order valence-electron chi connectivity index (χ1n) is 4.02. The number of halogens is 1. The third-order valence-electron chi connectivity index (χ3n) is 2.05. The van der Waals surface area contributed by atoms with E-state index in [1.165, 1.54) is 23.8 Å². The van der Waals surface area contributed by atoms with E-state index in [1.807, 2.05) is 0 Å². The maximum Gasteiger partial charge on any atom is 0.310 e. The zero-order valence-electron chi connectivity index (χ0n) is 7.82. The minimum atomic E-state index is -1.000. The summed E-state index contributed by atoms with van der Waals surface area (Å²) in [6.07, 6.45) is 1.42. The summed E-state index contributed by atoms with van der Waals surface area (Å²) in [6, 6.07) is 1.25. The molecule has 5 heteroatoms. The van der Waals surface area contributed by atoms with E-state index in [1.54, 1.807) is 7.05 Å². The molecule has 0 saturated carbocycles. The summed E-state index contributed by atoms with van der Waals surface area (Å²) in [7, 11) is 1.56. The number of carbonyl (C=O) groups is 1. The van der Waals surface area contributed by atoms with Crippen molar-refractivity contribution in [1.82, 2.24) is 4.57 Å². The fourth-order valence-electron chi connectivity index (χ4n) is 1.08. The molecule has 0 aliphatic rings. The molecule has 4 nitrogen and oxygen atoms in total. The molecule has 14 heavy (non-hydrogen) atoms. The molecule has 76 valence electrons. The van der Waals surface area contributed by atoms with Gasteiger partial charge in [-0.15, -0.1) is 0 Å². The molecule has 0 saturated heterocycles. The Bertz CT molecular complexity index is 425. The van der Waals surface area contributed by atoms with Crippen LogP contribution in [0.1, 0.15) is 18.4 Å². The SMILES string of the molecule is CC(C(=O)O)c1cc(=O)n(C)cc1Cl. The lowest BCUT2D eigenvalue weighted by atomic mass is 10.0. The zero-order valence-corrected chi connectivity index (χ0v) is 8.58. The lowest BCUT2D eigenvalue weighted by Gasteiger charge is -2.09. The van der Waals surface area contributed by atoms with Gasteiger partial charge in [0.15, 0.2) is 0 Å². The maximum absolute atomic E-state index is 11.2. The quantitative estimate of drug-likeness (QED) is 0.807. The fraction of sp³-hybridized carbons (Fsp3) is 0.333. The van der Waals surface area contributed by atoms with Crippen LogP contribution in [0, 0.1) is 0 Å². The lowest BCUT2D eigenvalue weighted by Crippen LogP contribution is -2.18. The van der Waals surface area contributed by atoms with Crippen molar-refractivity contribution in [2.45, 2.75) is 12.8 Å². The highest BCUT2D eigenvalue weighted by molar-refractivity contribution is 6.31. The molecule has 1 N–H and O–H groups in total. The number of carboxylic acids is 1. The maximum atomic E-state index is 11.2. The van der Waals surface area contributed by atoms with Crippen LogP contribution in [0.5, 0.6) is 0 Å². The molecule has 1 aromatic rings. The molecule has 0 aliphatic heterocycles. The Labute approximate surface area is 85.7 Å². The first kappa shape index (κ1) is 10.8. The molecule has 0 fully saturated rings. The Hall–Kier alpha value is -1.29. The van der Waals surface area contributed by atoms with Crippen LogP contribution in [0.3, 0.4) is 0 Å². The van der Waals surface area contributed by atoms with Gasteiger partial charge in [-0.25, -0.2) is 0 Å². The molecular formula is C9H10ClNO3. The van der Waals surface area contributed by atoms with Crippen molar-refractivity contribution in [3.05, 3.63) is 33.2 Å². The average Bonchev–Trinajstić information content (AvgIpc) is 2.10. The summed E-state index contributed by atoms with van der Waals surface area (Å²) >= 11 is 5.82. The molecule has 0 bridgehead atoms. The number of nitrogens with zero attached hydrogens (tertiary/aromatic N) is 1. The number of hydrogen-bond donors (Lipinski definition) is 1. The van der Waals surface area contributed by atoms with Crippen molar-refractivity contribution in [2.24, 2.45) is 7.05 Å². The second-order valence-electron chi connectivity index (χ2n) is 3.09. The van der Waals surface area contributed by atoms with E-state index in [-0.39, 0.29) is 5.56 Å². The minimum Gasteiger partial charge on any atom is -0.481 e. The van der Waals surface area contributed by atoms with Crippen molar-refractivity contribution in [3.63, 3.8) is 0 Å². The van der Waals surface area contributed by atoms with Crippen LogP contribution in [-0.4, -0.2) is 15.6 Å². The summed E-state index contributed by atoms with van der Waals surface area (Å²) < 4.78 is 1.31. The first-order chi connectivity index (χ1) is 6.43. The predicted molar refractivity (Wildman–Crippen MR) is 52.7 cm³/mol.